The molecule has 1 aliphatic carbocycles. The highest BCUT2D eigenvalue weighted by Gasteiger charge is 2.23. The Morgan fingerprint density at radius 1 is 1.19 bits per heavy atom. The predicted molar refractivity (Wildman–Crippen MR) is 84.6 cm³/mol. The van der Waals surface area contributed by atoms with Crippen LogP contribution in [0.4, 0.5) is 5.82 Å². The summed E-state index contributed by atoms with van der Waals surface area (Å²) in [6.45, 7) is 2.52. The summed E-state index contributed by atoms with van der Waals surface area (Å²) in [6, 6.07) is 8.24. The molecule has 0 spiro atoms. The third-order valence-corrected chi connectivity index (χ3v) is 3.96. The topological polar surface area (TPSA) is 73.1 Å². The standard InChI is InChI=1S/C16H22N4O/c1-2-21-16-15(18-12-8-4-3-7-11(12)17)19-13-9-5-6-10-14(13)20-16/h5-6,9-12H,2-4,7-8,17H2,1H3,(H,18,19)/t11-,12-/m1/s1. The molecule has 21 heavy (non-hydrogen) atoms. The Labute approximate surface area is 124 Å². The Balaban J connectivity index is 1.92. The fraction of sp³-hybridized carbons (Fsp3) is 0.500. The molecule has 3 N–H and O–H groups in total. The molecule has 2 aromatic rings. The first-order chi connectivity index (χ1) is 10.3. The molecule has 0 saturated heterocycles. The molecule has 0 unspecified atom stereocenters. The minimum atomic E-state index is 0.168. The van der Waals surface area contributed by atoms with Crippen LogP contribution in [0.5, 0.6) is 5.88 Å². The van der Waals surface area contributed by atoms with Crippen LogP contribution in [-0.2, 0) is 0 Å². The van der Waals surface area contributed by atoms with Gasteiger partial charge in [-0.05, 0) is 31.9 Å². The molecule has 0 radical (unpaired) electrons. The third kappa shape index (κ3) is 3.08. The van der Waals surface area contributed by atoms with Gasteiger partial charge in [-0.3, -0.25) is 0 Å². The molecule has 3 rings (SSSR count). The Kier molecular flexibility index (Phi) is 4.20. The second kappa shape index (κ2) is 6.26. The first-order valence-electron chi connectivity index (χ1n) is 7.69. The fourth-order valence-corrected chi connectivity index (χ4v) is 2.83. The maximum absolute atomic E-state index is 6.21. The molecule has 1 fully saturated rings. The van der Waals surface area contributed by atoms with Gasteiger partial charge in [0, 0.05) is 12.1 Å². The van der Waals surface area contributed by atoms with Gasteiger partial charge in [0.2, 0.25) is 0 Å². The zero-order valence-corrected chi connectivity index (χ0v) is 12.4. The molecule has 1 aliphatic rings. The Hall–Kier alpha value is -1.88. The summed E-state index contributed by atoms with van der Waals surface area (Å²) in [7, 11) is 0. The van der Waals surface area contributed by atoms with Crippen LogP contribution in [0, 0.1) is 0 Å². The van der Waals surface area contributed by atoms with Gasteiger partial charge in [-0.15, -0.1) is 0 Å². The number of nitrogens with zero attached hydrogens (tertiary/aromatic N) is 2. The maximum Gasteiger partial charge on any atom is 0.258 e. The van der Waals surface area contributed by atoms with Gasteiger partial charge >= 0.3 is 0 Å². The van der Waals surface area contributed by atoms with Crippen LogP contribution in [-0.4, -0.2) is 28.7 Å². The summed E-state index contributed by atoms with van der Waals surface area (Å²) >= 11 is 0. The largest absolute Gasteiger partial charge is 0.475 e. The van der Waals surface area contributed by atoms with Gasteiger partial charge in [0.1, 0.15) is 0 Å². The van der Waals surface area contributed by atoms with Gasteiger partial charge in [-0.1, -0.05) is 25.0 Å². The predicted octanol–water partition coefficient (Wildman–Crippen LogP) is 2.71. The summed E-state index contributed by atoms with van der Waals surface area (Å²) < 4.78 is 5.64. The van der Waals surface area contributed by atoms with Gasteiger partial charge in [-0.25, -0.2) is 9.97 Å². The van der Waals surface area contributed by atoms with Crippen molar-refractivity contribution in [3.63, 3.8) is 0 Å². The molecule has 0 aliphatic heterocycles. The van der Waals surface area contributed by atoms with Crippen molar-refractivity contribution < 1.29 is 4.74 Å². The number of ether oxygens (including phenoxy) is 1. The number of benzene rings is 1. The number of nitrogens with one attached hydrogen (secondary N) is 1. The van der Waals surface area contributed by atoms with E-state index in [1.165, 1.54) is 12.8 Å². The van der Waals surface area contributed by atoms with Gasteiger partial charge in [-0.2, -0.15) is 0 Å². The van der Waals surface area contributed by atoms with Crippen LogP contribution in [0.15, 0.2) is 24.3 Å². The van der Waals surface area contributed by atoms with Crippen molar-refractivity contribution in [3.8, 4) is 5.88 Å². The molecular weight excluding hydrogens is 264 g/mol. The highest BCUT2D eigenvalue weighted by molar-refractivity contribution is 5.77. The van der Waals surface area contributed by atoms with Gasteiger partial charge in [0.15, 0.2) is 5.82 Å². The Morgan fingerprint density at radius 3 is 2.62 bits per heavy atom. The van der Waals surface area contributed by atoms with E-state index in [-0.39, 0.29) is 12.1 Å². The van der Waals surface area contributed by atoms with Gasteiger partial charge in [0.25, 0.3) is 5.88 Å². The summed E-state index contributed by atoms with van der Waals surface area (Å²) in [4.78, 5) is 9.24. The Bertz CT molecular complexity index is 616. The number of anilines is 1. The number of hydrogen-bond acceptors (Lipinski definition) is 5. The molecule has 1 aromatic heterocycles. The van der Waals surface area contributed by atoms with Crippen molar-refractivity contribution in [3.05, 3.63) is 24.3 Å². The summed E-state index contributed by atoms with van der Waals surface area (Å²) in [6.07, 6.45) is 4.54. The fourth-order valence-electron chi connectivity index (χ4n) is 2.83. The lowest BCUT2D eigenvalue weighted by Gasteiger charge is -2.30. The molecule has 5 nitrogen and oxygen atoms in total. The number of nitrogens with two attached hydrogens (primary N) is 1. The highest BCUT2D eigenvalue weighted by atomic mass is 16.5. The molecule has 112 valence electrons. The van der Waals surface area contributed by atoms with E-state index in [1.54, 1.807) is 0 Å². The van der Waals surface area contributed by atoms with E-state index in [2.05, 4.69) is 15.3 Å². The van der Waals surface area contributed by atoms with Crippen LogP contribution >= 0.6 is 0 Å². The van der Waals surface area contributed by atoms with E-state index in [0.29, 0.717) is 18.3 Å². The highest BCUT2D eigenvalue weighted by Crippen LogP contribution is 2.27. The van der Waals surface area contributed by atoms with Crippen molar-refractivity contribution in [1.29, 1.82) is 0 Å². The molecule has 1 aromatic carbocycles. The lowest BCUT2D eigenvalue weighted by Crippen LogP contribution is -2.42. The molecular formula is C16H22N4O. The number of hydrogen-bond donors (Lipinski definition) is 2. The van der Waals surface area contributed by atoms with Crippen molar-refractivity contribution in [2.45, 2.75) is 44.7 Å². The number of aromatic nitrogens is 2. The van der Waals surface area contributed by atoms with E-state index < -0.39 is 0 Å². The Morgan fingerprint density at radius 2 is 1.90 bits per heavy atom. The second-order valence-electron chi connectivity index (χ2n) is 5.50. The molecule has 5 heteroatoms. The first kappa shape index (κ1) is 14.1. The normalized spacial score (nSPS) is 22.2. The van der Waals surface area contributed by atoms with E-state index in [4.69, 9.17) is 10.5 Å². The van der Waals surface area contributed by atoms with Crippen molar-refractivity contribution in [2.75, 3.05) is 11.9 Å². The minimum absolute atomic E-state index is 0.168. The molecule has 1 heterocycles. The average Bonchev–Trinajstić information content (AvgIpc) is 2.50. The molecule has 0 bridgehead atoms. The zero-order chi connectivity index (χ0) is 14.7. The first-order valence-corrected chi connectivity index (χ1v) is 7.69. The second-order valence-corrected chi connectivity index (χ2v) is 5.50. The van der Waals surface area contributed by atoms with Gasteiger partial charge < -0.3 is 15.8 Å². The van der Waals surface area contributed by atoms with Crippen LogP contribution in [0.25, 0.3) is 11.0 Å². The number of fused-ring (bicyclic) bond motifs is 1. The van der Waals surface area contributed by atoms with Crippen LogP contribution in [0.1, 0.15) is 32.6 Å². The number of rotatable bonds is 4. The van der Waals surface area contributed by atoms with Gasteiger partial charge in [0.05, 0.1) is 17.6 Å². The summed E-state index contributed by atoms with van der Waals surface area (Å²) in [5, 5.41) is 3.45. The third-order valence-electron chi connectivity index (χ3n) is 3.96. The van der Waals surface area contributed by atoms with Crippen molar-refractivity contribution in [1.82, 2.24) is 9.97 Å². The smallest absolute Gasteiger partial charge is 0.258 e. The SMILES string of the molecule is CCOc1nc2ccccc2nc1N[C@@H]1CCCC[C@H]1N. The molecule has 0 amide bonds. The van der Waals surface area contributed by atoms with Crippen LogP contribution in [0.2, 0.25) is 0 Å². The lowest BCUT2D eigenvalue weighted by molar-refractivity contribution is 0.326. The van der Waals surface area contributed by atoms with Crippen LogP contribution in [0.3, 0.4) is 0 Å². The maximum atomic E-state index is 6.21. The molecule has 1 saturated carbocycles. The van der Waals surface area contributed by atoms with E-state index in [1.807, 2.05) is 31.2 Å². The van der Waals surface area contributed by atoms with Crippen molar-refractivity contribution in [2.24, 2.45) is 5.73 Å². The number of para-hydroxylation sites is 2. The monoisotopic (exact) mass is 286 g/mol. The summed E-state index contributed by atoms with van der Waals surface area (Å²) in [5.41, 5.74) is 7.93. The van der Waals surface area contributed by atoms with E-state index in [0.717, 1.165) is 23.9 Å². The quantitative estimate of drug-likeness (QED) is 0.904. The average molecular weight is 286 g/mol. The van der Waals surface area contributed by atoms with Crippen LogP contribution < -0.4 is 15.8 Å². The zero-order valence-electron chi connectivity index (χ0n) is 12.4. The molecule has 2 atom stereocenters. The lowest BCUT2D eigenvalue weighted by atomic mass is 9.91. The minimum Gasteiger partial charge on any atom is -0.475 e. The van der Waals surface area contributed by atoms with Crippen molar-refractivity contribution >= 4 is 16.9 Å². The van der Waals surface area contributed by atoms with E-state index in [9.17, 15) is 0 Å². The van der Waals surface area contributed by atoms with E-state index >= 15 is 0 Å². The summed E-state index contributed by atoms with van der Waals surface area (Å²) in [5.74, 6) is 1.27.